The van der Waals surface area contributed by atoms with E-state index in [1.54, 1.807) is 24.3 Å². The minimum Gasteiger partial charge on any atom is -0.200 e. The third-order valence-corrected chi connectivity index (χ3v) is 5.85. The number of aryl methyl sites for hydroxylation is 1. The van der Waals surface area contributed by atoms with Crippen molar-refractivity contribution in [3.63, 3.8) is 0 Å². The molecule has 1 N–H and O–H groups in total. The summed E-state index contributed by atoms with van der Waals surface area (Å²) in [6, 6.07) is 6.77. The van der Waals surface area contributed by atoms with E-state index < -0.39 is 10.0 Å². The van der Waals surface area contributed by atoms with Gasteiger partial charge in [0.25, 0.3) is 10.0 Å². The molecule has 0 aliphatic heterocycles. The van der Waals surface area contributed by atoms with Crippen LogP contribution < -0.4 is 4.83 Å². The Morgan fingerprint density at radius 3 is 2.57 bits per heavy atom. The highest BCUT2D eigenvalue weighted by Crippen LogP contribution is 2.53. The summed E-state index contributed by atoms with van der Waals surface area (Å²) in [7, 11) is -3.59. The standard InChI is InChI=1S/C16H20N2O2S/c1-11-7-9-12(10-8-11)21(19,20)18-17-15-13-5-4-6-14(13)16(15,2)3/h4,6-10,13-14,18H,5H2,1-3H3/b17-15+/t13-,14+/m0/s1. The van der Waals surface area contributed by atoms with Crippen molar-refractivity contribution < 1.29 is 8.42 Å². The molecule has 1 aromatic carbocycles. The maximum absolute atomic E-state index is 12.3. The van der Waals surface area contributed by atoms with Crippen molar-refractivity contribution in [2.24, 2.45) is 22.4 Å². The molecule has 2 atom stereocenters. The lowest BCUT2D eigenvalue weighted by Gasteiger charge is -2.48. The van der Waals surface area contributed by atoms with Crippen molar-refractivity contribution in [2.45, 2.75) is 32.1 Å². The molecule has 0 unspecified atom stereocenters. The zero-order chi connectivity index (χ0) is 15.3. The van der Waals surface area contributed by atoms with Gasteiger partial charge in [-0.05, 0) is 31.4 Å². The zero-order valence-electron chi connectivity index (χ0n) is 12.5. The molecule has 3 rings (SSSR count). The number of sulfonamides is 1. The Kier molecular flexibility index (Phi) is 3.20. The van der Waals surface area contributed by atoms with Crippen LogP contribution in [0.5, 0.6) is 0 Å². The number of benzene rings is 1. The molecular weight excluding hydrogens is 284 g/mol. The molecule has 112 valence electrons. The molecule has 0 radical (unpaired) electrons. The van der Waals surface area contributed by atoms with E-state index in [-0.39, 0.29) is 10.3 Å². The number of nitrogens with one attached hydrogen (secondary N) is 1. The molecule has 0 aromatic heterocycles. The second-order valence-corrected chi connectivity index (χ2v) is 8.08. The molecule has 5 heteroatoms. The lowest BCUT2D eigenvalue weighted by atomic mass is 9.55. The Morgan fingerprint density at radius 2 is 1.90 bits per heavy atom. The predicted octanol–water partition coefficient (Wildman–Crippen LogP) is 2.86. The first kappa shape index (κ1) is 14.3. The summed E-state index contributed by atoms with van der Waals surface area (Å²) in [6.07, 6.45) is 5.34. The van der Waals surface area contributed by atoms with Gasteiger partial charge in [-0.25, -0.2) is 4.83 Å². The van der Waals surface area contributed by atoms with Crippen LogP contribution in [0.1, 0.15) is 25.8 Å². The fourth-order valence-corrected chi connectivity index (χ4v) is 4.15. The summed E-state index contributed by atoms with van der Waals surface area (Å²) in [5.74, 6) is 0.848. The summed E-state index contributed by atoms with van der Waals surface area (Å²) < 4.78 is 24.5. The minimum atomic E-state index is -3.59. The second-order valence-electron chi connectivity index (χ2n) is 6.42. The monoisotopic (exact) mass is 304 g/mol. The van der Waals surface area contributed by atoms with Crippen LogP contribution in [0.25, 0.3) is 0 Å². The molecule has 0 spiro atoms. The first-order valence-electron chi connectivity index (χ1n) is 7.15. The van der Waals surface area contributed by atoms with Gasteiger partial charge in [-0.3, -0.25) is 0 Å². The topological polar surface area (TPSA) is 58.5 Å². The van der Waals surface area contributed by atoms with Gasteiger partial charge in [-0.15, -0.1) is 0 Å². The van der Waals surface area contributed by atoms with E-state index in [4.69, 9.17) is 0 Å². The van der Waals surface area contributed by atoms with Gasteiger partial charge < -0.3 is 0 Å². The number of allylic oxidation sites excluding steroid dienone is 2. The molecule has 21 heavy (non-hydrogen) atoms. The highest BCUT2D eigenvalue weighted by Gasteiger charge is 2.53. The van der Waals surface area contributed by atoms with Gasteiger partial charge in [-0.2, -0.15) is 13.5 Å². The smallest absolute Gasteiger partial charge is 0.200 e. The number of nitrogens with zero attached hydrogens (tertiary/aromatic N) is 1. The van der Waals surface area contributed by atoms with Crippen LogP contribution >= 0.6 is 0 Å². The zero-order valence-corrected chi connectivity index (χ0v) is 13.3. The Balaban J connectivity index is 1.81. The van der Waals surface area contributed by atoms with Crippen LogP contribution in [0.2, 0.25) is 0 Å². The first-order valence-corrected chi connectivity index (χ1v) is 8.64. The molecule has 0 amide bonds. The third kappa shape index (κ3) is 2.29. The fraction of sp³-hybridized carbons (Fsp3) is 0.438. The van der Waals surface area contributed by atoms with E-state index >= 15 is 0 Å². The van der Waals surface area contributed by atoms with Crippen molar-refractivity contribution >= 4 is 15.7 Å². The lowest BCUT2D eigenvalue weighted by Crippen LogP contribution is -2.52. The summed E-state index contributed by atoms with van der Waals surface area (Å²) in [5.41, 5.74) is 1.92. The van der Waals surface area contributed by atoms with E-state index in [0.717, 1.165) is 17.7 Å². The normalized spacial score (nSPS) is 28.2. The molecule has 2 aliphatic rings. The van der Waals surface area contributed by atoms with Crippen LogP contribution in [0, 0.1) is 24.2 Å². The average Bonchev–Trinajstić information content (AvgIpc) is 2.85. The second kappa shape index (κ2) is 4.70. The summed E-state index contributed by atoms with van der Waals surface area (Å²) in [5, 5.41) is 4.23. The maximum Gasteiger partial charge on any atom is 0.276 e. The SMILES string of the molecule is Cc1ccc(S(=O)(=O)N/N=C2\[C@H]3CC=C[C@H]3C2(C)C)cc1. The van der Waals surface area contributed by atoms with Gasteiger partial charge >= 0.3 is 0 Å². The number of hydrogen-bond donors (Lipinski definition) is 1. The molecule has 4 nitrogen and oxygen atoms in total. The van der Waals surface area contributed by atoms with E-state index in [2.05, 4.69) is 35.9 Å². The molecule has 1 fully saturated rings. The Hall–Kier alpha value is -1.62. The van der Waals surface area contributed by atoms with Crippen LogP contribution in [0.15, 0.2) is 46.4 Å². The molecule has 2 aliphatic carbocycles. The molecular formula is C16H20N2O2S. The molecule has 0 saturated heterocycles. The van der Waals surface area contributed by atoms with Crippen LogP contribution in [-0.4, -0.2) is 14.1 Å². The molecule has 1 aromatic rings. The largest absolute Gasteiger partial charge is 0.276 e. The number of fused-ring (bicyclic) bond motifs is 1. The maximum atomic E-state index is 12.3. The van der Waals surface area contributed by atoms with Gasteiger partial charge in [0.15, 0.2) is 0 Å². The minimum absolute atomic E-state index is 0.0620. The summed E-state index contributed by atoms with van der Waals surface area (Å²) >= 11 is 0. The van der Waals surface area contributed by atoms with E-state index in [0.29, 0.717) is 11.8 Å². The van der Waals surface area contributed by atoms with Crippen molar-refractivity contribution in [3.05, 3.63) is 42.0 Å². The van der Waals surface area contributed by atoms with Crippen LogP contribution in [0.3, 0.4) is 0 Å². The molecule has 0 bridgehead atoms. The highest BCUT2D eigenvalue weighted by molar-refractivity contribution is 7.89. The quantitative estimate of drug-likeness (QED) is 0.689. The lowest BCUT2D eigenvalue weighted by molar-refractivity contribution is 0.234. The van der Waals surface area contributed by atoms with Crippen molar-refractivity contribution in [1.29, 1.82) is 0 Å². The Bertz CT molecular complexity index is 715. The van der Waals surface area contributed by atoms with Gasteiger partial charge in [-0.1, -0.05) is 43.7 Å². The number of hydrazone groups is 1. The van der Waals surface area contributed by atoms with E-state index in [1.807, 2.05) is 6.92 Å². The van der Waals surface area contributed by atoms with Gasteiger partial charge in [0, 0.05) is 17.0 Å². The van der Waals surface area contributed by atoms with Gasteiger partial charge in [0.1, 0.15) is 0 Å². The Morgan fingerprint density at radius 1 is 1.24 bits per heavy atom. The summed E-state index contributed by atoms with van der Waals surface area (Å²) in [6.45, 7) is 6.15. The van der Waals surface area contributed by atoms with Crippen LogP contribution in [0.4, 0.5) is 0 Å². The van der Waals surface area contributed by atoms with Gasteiger partial charge in [0.2, 0.25) is 0 Å². The van der Waals surface area contributed by atoms with E-state index in [1.165, 1.54) is 0 Å². The fourth-order valence-electron chi connectivity index (χ4n) is 3.34. The van der Waals surface area contributed by atoms with Gasteiger partial charge in [0.05, 0.1) is 4.90 Å². The third-order valence-electron chi connectivity index (χ3n) is 4.63. The van der Waals surface area contributed by atoms with Crippen LogP contribution in [-0.2, 0) is 10.0 Å². The first-order chi connectivity index (χ1) is 9.82. The van der Waals surface area contributed by atoms with Crippen molar-refractivity contribution in [1.82, 2.24) is 4.83 Å². The average molecular weight is 304 g/mol. The van der Waals surface area contributed by atoms with Crippen molar-refractivity contribution in [3.8, 4) is 0 Å². The number of hydrogen-bond acceptors (Lipinski definition) is 3. The van der Waals surface area contributed by atoms with Crippen molar-refractivity contribution in [2.75, 3.05) is 0 Å². The number of rotatable bonds is 3. The molecule has 0 heterocycles. The highest BCUT2D eigenvalue weighted by atomic mass is 32.2. The summed E-state index contributed by atoms with van der Waals surface area (Å²) in [4.78, 5) is 2.64. The Labute approximate surface area is 126 Å². The van der Waals surface area contributed by atoms with E-state index in [9.17, 15) is 8.42 Å². The molecule has 1 saturated carbocycles. The predicted molar refractivity (Wildman–Crippen MR) is 83.5 cm³/mol.